The van der Waals surface area contributed by atoms with Gasteiger partial charge in [-0.25, -0.2) is 4.98 Å². The van der Waals surface area contributed by atoms with Crippen LogP contribution in [0.15, 0.2) is 18.2 Å². The molecule has 1 fully saturated rings. The highest BCUT2D eigenvalue weighted by Crippen LogP contribution is 2.26. The maximum atomic E-state index is 12.4. The van der Waals surface area contributed by atoms with Crippen molar-refractivity contribution in [3.05, 3.63) is 24.0 Å². The monoisotopic (exact) mass is 316 g/mol. The van der Waals surface area contributed by atoms with Crippen LogP contribution in [0.4, 0.5) is 0 Å². The van der Waals surface area contributed by atoms with E-state index in [0.29, 0.717) is 13.1 Å². The van der Waals surface area contributed by atoms with Crippen LogP contribution in [0, 0.1) is 5.41 Å². The molecule has 1 aliphatic rings. The minimum Gasteiger partial charge on any atom is -0.497 e. The Hall–Kier alpha value is -2.57. The first-order chi connectivity index (χ1) is 10.9. The molecule has 0 aliphatic carbocycles. The number of fused-ring (bicyclic) bond motifs is 1. The number of hydrogen-bond donors (Lipinski definition) is 2. The standard InChI is InChI=1S/C16H20N4O3/c1-16(7-14(21)18-9-16)15(22)17-8-13-19-11-6-10(23-3)4-5-12(11)20(13)2/h4-6H,7-9H2,1-3H3,(H,17,22)(H,18,21). The molecule has 0 spiro atoms. The zero-order valence-electron chi connectivity index (χ0n) is 13.5. The Balaban J connectivity index is 1.75. The summed E-state index contributed by atoms with van der Waals surface area (Å²) in [6, 6.07) is 5.68. The maximum Gasteiger partial charge on any atom is 0.228 e. The second-order valence-corrected chi connectivity index (χ2v) is 6.14. The van der Waals surface area contributed by atoms with Crippen molar-refractivity contribution in [1.29, 1.82) is 0 Å². The number of nitrogens with one attached hydrogen (secondary N) is 2. The molecule has 122 valence electrons. The van der Waals surface area contributed by atoms with Crippen LogP contribution < -0.4 is 15.4 Å². The number of imidazole rings is 1. The van der Waals surface area contributed by atoms with Crippen LogP contribution in [0.1, 0.15) is 19.2 Å². The summed E-state index contributed by atoms with van der Waals surface area (Å²) in [5.41, 5.74) is 1.10. The molecule has 1 atom stereocenters. The summed E-state index contributed by atoms with van der Waals surface area (Å²) >= 11 is 0. The van der Waals surface area contributed by atoms with Crippen LogP contribution in [0.3, 0.4) is 0 Å². The average molecular weight is 316 g/mol. The first-order valence-electron chi connectivity index (χ1n) is 7.47. The van der Waals surface area contributed by atoms with Gasteiger partial charge in [0.25, 0.3) is 0 Å². The van der Waals surface area contributed by atoms with Crippen molar-refractivity contribution in [2.45, 2.75) is 19.9 Å². The molecule has 1 aromatic heterocycles. The van der Waals surface area contributed by atoms with Crippen LogP contribution >= 0.6 is 0 Å². The number of aryl methyl sites for hydroxylation is 1. The predicted molar refractivity (Wildman–Crippen MR) is 84.8 cm³/mol. The fraction of sp³-hybridized carbons (Fsp3) is 0.438. The quantitative estimate of drug-likeness (QED) is 0.870. The minimum absolute atomic E-state index is 0.0857. The van der Waals surface area contributed by atoms with Gasteiger partial charge in [-0.05, 0) is 19.1 Å². The number of rotatable bonds is 4. The van der Waals surface area contributed by atoms with E-state index in [1.807, 2.05) is 29.8 Å². The largest absolute Gasteiger partial charge is 0.497 e. The van der Waals surface area contributed by atoms with Crippen LogP contribution in [0.25, 0.3) is 11.0 Å². The van der Waals surface area contributed by atoms with Gasteiger partial charge in [0, 0.05) is 26.1 Å². The minimum atomic E-state index is -0.690. The summed E-state index contributed by atoms with van der Waals surface area (Å²) in [6.07, 6.45) is 0.221. The van der Waals surface area contributed by atoms with Crippen LogP contribution in [-0.2, 0) is 23.2 Å². The first kappa shape index (κ1) is 15.3. The smallest absolute Gasteiger partial charge is 0.228 e. The van der Waals surface area contributed by atoms with Gasteiger partial charge in [0.15, 0.2) is 0 Å². The van der Waals surface area contributed by atoms with E-state index in [1.165, 1.54) is 0 Å². The van der Waals surface area contributed by atoms with Gasteiger partial charge >= 0.3 is 0 Å². The third-order valence-electron chi connectivity index (χ3n) is 4.36. The van der Waals surface area contributed by atoms with Crippen molar-refractivity contribution in [2.75, 3.05) is 13.7 Å². The SMILES string of the molecule is COc1ccc2c(c1)nc(CNC(=O)C1(C)CNC(=O)C1)n2C. The summed E-state index contributed by atoms with van der Waals surface area (Å²) in [6.45, 7) is 2.48. The molecule has 3 rings (SSSR count). The molecule has 1 unspecified atom stereocenters. The van der Waals surface area contributed by atoms with Gasteiger partial charge in [0.05, 0.1) is 30.1 Å². The second kappa shape index (κ2) is 5.57. The van der Waals surface area contributed by atoms with E-state index in [0.717, 1.165) is 22.6 Å². The molecule has 1 aromatic carbocycles. The van der Waals surface area contributed by atoms with E-state index in [1.54, 1.807) is 14.0 Å². The Labute approximate surface area is 134 Å². The fourth-order valence-electron chi connectivity index (χ4n) is 2.82. The number of nitrogens with zero attached hydrogens (tertiary/aromatic N) is 2. The van der Waals surface area contributed by atoms with Crippen LogP contribution in [-0.4, -0.2) is 35.0 Å². The number of hydrogen-bond acceptors (Lipinski definition) is 4. The van der Waals surface area contributed by atoms with E-state index in [4.69, 9.17) is 4.74 Å². The molecule has 1 aliphatic heterocycles. The highest BCUT2D eigenvalue weighted by Gasteiger charge is 2.40. The average Bonchev–Trinajstić information content (AvgIpc) is 3.05. The van der Waals surface area contributed by atoms with Crippen molar-refractivity contribution in [2.24, 2.45) is 12.5 Å². The molecular weight excluding hydrogens is 296 g/mol. The Bertz CT molecular complexity index is 783. The van der Waals surface area contributed by atoms with E-state index >= 15 is 0 Å². The fourth-order valence-corrected chi connectivity index (χ4v) is 2.82. The zero-order chi connectivity index (χ0) is 16.6. The summed E-state index contributed by atoms with van der Waals surface area (Å²) in [5, 5.41) is 5.59. The zero-order valence-corrected chi connectivity index (χ0v) is 13.5. The van der Waals surface area contributed by atoms with E-state index in [2.05, 4.69) is 15.6 Å². The van der Waals surface area contributed by atoms with Crippen LogP contribution in [0.2, 0.25) is 0 Å². The summed E-state index contributed by atoms with van der Waals surface area (Å²) in [5.74, 6) is 1.27. The lowest BCUT2D eigenvalue weighted by molar-refractivity contribution is -0.131. The number of carbonyl (C=O) groups is 2. The molecule has 2 amide bonds. The second-order valence-electron chi connectivity index (χ2n) is 6.14. The lowest BCUT2D eigenvalue weighted by Crippen LogP contribution is -2.40. The van der Waals surface area contributed by atoms with Crippen molar-refractivity contribution < 1.29 is 14.3 Å². The lowest BCUT2D eigenvalue weighted by atomic mass is 9.88. The number of benzene rings is 1. The third kappa shape index (κ3) is 2.74. The van der Waals surface area contributed by atoms with Crippen molar-refractivity contribution in [3.63, 3.8) is 0 Å². The van der Waals surface area contributed by atoms with Gasteiger partial charge in [-0.1, -0.05) is 0 Å². The lowest BCUT2D eigenvalue weighted by Gasteiger charge is -2.20. The molecule has 7 nitrogen and oxygen atoms in total. The Morgan fingerprint density at radius 1 is 1.52 bits per heavy atom. The number of methoxy groups -OCH3 is 1. The first-order valence-corrected chi connectivity index (χ1v) is 7.47. The Morgan fingerprint density at radius 3 is 2.96 bits per heavy atom. The predicted octanol–water partition coefficient (Wildman–Crippen LogP) is 0.724. The molecule has 2 heterocycles. The van der Waals surface area contributed by atoms with E-state index in [-0.39, 0.29) is 18.2 Å². The molecule has 0 bridgehead atoms. The number of ether oxygens (including phenoxy) is 1. The van der Waals surface area contributed by atoms with Gasteiger partial charge in [0.1, 0.15) is 11.6 Å². The topological polar surface area (TPSA) is 85.2 Å². The molecule has 1 saturated heterocycles. The molecule has 23 heavy (non-hydrogen) atoms. The number of carbonyl (C=O) groups excluding carboxylic acids is 2. The Morgan fingerprint density at radius 2 is 2.30 bits per heavy atom. The van der Waals surface area contributed by atoms with Gasteiger partial charge < -0.3 is 19.9 Å². The Kier molecular flexibility index (Phi) is 3.71. The summed E-state index contributed by atoms with van der Waals surface area (Å²) < 4.78 is 7.14. The highest BCUT2D eigenvalue weighted by molar-refractivity contribution is 5.92. The molecule has 0 radical (unpaired) electrons. The van der Waals surface area contributed by atoms with Gasteiger partial charge in [-0.2, -0.15) is 0 Å². The molecule has 2 N–H and O–H groups in total. The van der Waals surface area contributed by atoms with E-state index < -0.39 is 5.41 Å². The molecule has 0 saturated carbocycles. The van der Waals surface area contributed by atoms with Crippen molar-refractivity contribution >= 4 is 22.8 Å². The molecule has 2 aromatic rings. The highest BCUT2D eigenvalue weighted by atomic mass is 16.5. The summed E-state index contributed by atoms with van der Waals surface area (Å²) in [7, 11) is 3.52. The van der Waals surface area contributed by atoms with Gasteiger partial charge in [-0.15, -0.1) is 0 Å². The van der Waals surface area contributed by atoms with Gasteiger partial charge in [-0.3, -0.25) is 9.59 Å². The molecular formula is C16H20N4O3. The third-order valence-corrected chi connectivity index (χ3v) is 4.36. The van der Waals surface area contributed by atoms with Gasteiger partial charge in [0.2, 0.25) is 11.8 Å². The molecule has 7 heteroatoms. The summed E-state index contributed by atoms with van der Waals surface area (Å²) in [4.78, 5) is 28.2. The van der Waals surface area contributed by atoms with Crippen molar-refractivity contribution in [3.8, 4) is 5.75 Å². The maximum absolute atomic E-state index is 12.4. The normalized spacial score (nSPS) is 20.6. The van der Waals surface area contributed by atoms with E-state index in [9.17, 15) is 9.59 Å². The number of aromatic nitrogens is 2. The van der Waals surface area contributed by atoms with Crippen LogP contribution in [0.5, 0.6) is 5.75 Å². The van der Waals surface area contributed by atoms with Crippen molar-refractivity contribution in [1.82, 2.24) is 20.2 Å². The number of amides is 2.